The van der Waals surface area contributed by atoms with E-state index in [9.17, 15) is 4.79 Å². The zero-order valence-corrected chi connectivity index (χ0v) is 6.16. The minimum atomic E-state index is -0.105. The summed E-state index contributed by atoms with van der Waals surface area (Å²) in [7, 11) is 0. The Morgan fingerprint density at radius 1 is 1.73 bits per heavy atom. The molecule has 11 heavy (non-hydrogen) atoms. The summed E-state index contributed by atoms with van der Waals surface area (Å²) >= 11 is 0. The average Bonchev–Trinajstić information content (AvgIpc) is 2.47. The molecular formula is C8H10N2O. The van der Waals surface area contributed by atoms with Crippen molar-refractivity contribution >= 4 is 6.29 Å². The molecule has 1 saturated heterocycles. The molecule has 0 aromatic heterocycles. The van der Waals surface area contributed by atoms with Crippen LogP contribution in [0.15, 0.2) is 23.9 Å². The molecule has 3 nitrogen and oxygen atoms in total. The molecule has 1 N–H and O–H groups in total. The molecule has 0 radical (unpaired) electrons. The van der Waals surface area contributed by atoms with Crippen molar-refractivity contribution in [3.05, 3.63) is 23.9 Å². The largest absolute Gasteiger partial charge is 0.348 e. The van der Waals surface area contributed by atoms with Crippen LogP contribution in [0.1, 0.15) is 0 Å². The molecule has 58 valence electrons. The smallest absolute Gasteiger partial charge is 0.157 e. The topological polar surface area (TPSA) is 32.3 Å². The van der Waals surface area contributed by atoms with E-state index in [4.69, 9.17) is 0 Å². The normalized spacial score (nSPS) is 28.2. The van der Waals surface area contributed by atoms with Crippen molar-refractivity contribution in [3.63, 3.8) is 0 Å². The second-order valence-corrected chi connectivity index (χ2v) is 2.70. The van der Waals surface area contributed by atoms with Crippen molar-refractivity contribution in [2.45, 2.75) is 6.17 Å². The van der Waals surface area contributed by atoms with Gasteiger partial charge < -0.3 is 4.90 Å². The molecule has 2 aliphatic heterocycles. The van der Waals surface area contributed by atoms with Crippen molar-refractivity contribution in [2.24, 2.45) is 0 Å². The fourth-order valence-electron chi connectivity index (χ4n) is 1.46. The van der Waals surface area contributed by atoms with Gasteiger partial charge in [0.05, 0.1) is 0 Å². The number of fused-ring (bicyclic) bond motifs is 1. The molecule has 2 heterocycles. The Balaban J connectivity index is 2.21. The van der Waals surface area contributed by atoms with E-state index < -0.39 is 0 Å². The van der Waals surface area contributed by atoms with Crippen LogP contribution in [-0.4, -0.2) is 30.4 Å². The third-order valence-corrected chi connectivity index (χ3v) is 2.05. The van der Waals surface area contributed by atoms with Crippen LogP contribution in [0.3, 0.4) is 0 Å². The van der Waals surface area contributed by atoms with E-state index in [1.54, 1.807) is 0 Å². The number of aldehydes is 1. The van der Waals surface area contributed by atoms with E-state index in [1.807, 2.05) is 18.2 Å². The molecular weight excluding hydrogens is 140 g/mol. The highest BCUT2D eigenvalue weighted by Gasteiger charge is 2.26. The van der Waals surface area contributed by atoms with Crippen LogP contribution in [-0.2, 0) is 4.79 Å². The van der Waals surface area contributed by atoms with Gasteiger partial charge in [0.2, 0.25) is 0 Å². The lowest BCUT2D eigenvalue weighted by molar-refractivity contribution is -0.111. The summed E-state index contributed by atoms with van der Waals surface area (Å²) in [4.78, 5) is 12.6. The number of nitrogens with zero attached hydrogens (tertiary/aromatic N) is 1. The first-order valence-electron chi connectivity index (χ1n) is 3.73. The average molecular weight is 150 g/mol. The van der Waals surface area contributed by atoms with Crippen LogP contribution < -0.4 is 5.32 Å². The zero-order valence-electron chi connectivity index (χ0n) is 6.16. The van der Waals surface area contributed by atoms with Crippen LogP contribution >= 0.6 is 0 Å². The van der Waals surface area contributed by atoms with Gasteiger partial charge in [-0.1, -0.05) is 12.2 Å². The van der Waals surface area contributed by atoms with Crippen molar-refractivity contribution in [1.82, 2.24) is 10.2 Å². The van der Waals surface area contributed by atoms with Gasteiger partial charge in [-0.05, 0) is 6.08 Å². The van der Waals surface area contributed by atoms with Crippen LogP contribution in [0, 0.1) is 0 Å². The maximum absolute atomic E-state index is 10.5. The molecule has 0 amide bonds. The molecule has 0 aromatic rings. The molecule has 0 aromatic carbocycles. The fraction of sp³-hybridized carbons (Fsp3) is 0.375. The highest BCUT2D eigenvalue weighted by molar-refractivity contribution is 5.59. The Bertz CT molecular complexity index is 232. The Morgan fingerprint density at radius 3 is 3.45 bits per heavy atom. The van der Waals surface area contributed by atoms with Crippen LogP contribution in [0.2, 0.25) is 0 Å². The van der Waals surface area contributed by atoms with E-state index in [1.165, 1.54) is 5.70 Å². The van der Waals surface area contributed by atoms with Gasteiger partial charge in [0, 0.05) is 18.8 Å². The van der Waals surface area contributed by atoms with Gasteiger partial charge in [0.25, 0.3) is 0 Å². The Labute approximate surface area is 65.4 Å². The molecule has 2 rings (SSSR count). The minimum absolute atomic E-state index is 0.105. The van der Waals surface area contributed by atoms with E-state index >= 15 is 0 Å². The quantitative estimate of drug-likeness (QED) is 0.528. The van der Waals surface area contributed by atoms with Crippen molar-refractivity contribution in [3.8, 4) is 0 Å². The number of carbonyl (C=O) groups is 1. The monoisotopic (exact) mass is 150 g/mol. The van der Waals surface area contributed by atoms with Crippen LogP contribution in [0.25, 0.3) is 0 Å². The summed E-state index contributed by atoms with van der Waals surface area (Å²) in [5.41, 5.74) is 1.21. The summed E-state index contributed by atoms with van der Waals surface area (Å²) < 4.78 is 0. The summed E-state index contributed by atoms with van der Waals surface area (Å²) in [5.74, 6) is 0. The number of rotatable bonds is 1. The molecule has 2 aliphatic rings. The number of hydrogen-bond donors (Lipinski definition) is 1. The van der Waals surface area contributed by atoms with Gasteiger partial charge in [-0.2, -0.15) is 0 Å². The molecule has 0 bridgehead atoms. The minimum Gasteiger partial charge on any atom is -0.348 e. The Morgan fingerprint density at radius 2 is 2.64 bits per heavy atom. The van der Waals surface area contributed by atoms with Crippen LogP contribution in [0.4, 0.5) is 0 Å². The zero-order chi connectivity index (χ0) is 7.68. The molecule has 0 spiro atoms. The Kier molecular flexibility index (Phi) is 1.51. The van der Waals surface area contributed by atoms with E-state index in [0.717, 1.165) is 19.4 Å². The van der Waals surface area contributed by atoms with Gasteiger partial charge >= 0.3 is 0 Å². The van der Waals surface area contributed by atoms with E-state index in [0.29, 0.717) is 0 Å². The highest BCUT2D eigenvalue weighted by Crippen LogP contribution is 2.16. The van der Waals surface area contributed by atoms with Crippen LogP contribution in [0.5, 0.6) is 0 Å². The number of nitrogens with one attached hydrogen (secondary N) is 1. The van der Waals surface area contributed by atoms with Crippen molar-refractivity contribution in [2.75, 3.05) is 13.1 Å². The second kappa shape index (κ2) is 2.51. The third kappa shape index (κ3) is 0.973. The lowest BCUT2D eigenvalue weighted by Crippen LogP contribution is -2.36. The maximum Gasteiger partial charge on any atom is 0.157 e. The van der Waals surface area contributed by atoms with Gasteiger partial charge in [0.1, 0.15) is 6.17 Å². The van der Waals surface area contributed by atoms with Crippen molar-refractivity contribution in [1.29, 1.82) is 0 Å². The standard InChI is InChI=1S/C8H10N2O/c11-6-8-9-5-7-3-1-2-4-10(7)8/h1-3,6,8-9H,4-5H2. The lowest BCUT2D eigenvalue weighted by Gasteiger charge is -2.23. The van der Waals surface area contributed by atoms with Crippen molar-refractivity contribution < 1.29 is 4.79 Å². The molecule has 1 unspecified atom stereocenters. The molecule has 0 saturated carbocycles. The third-order valence-electron chi connectivity index (χ3n) is 2.05. The maximum atomic E-state index is 10.5. The molecule has 0 aliphatic carbocycles. The molecule has 3 heteroatoms. The predicted molar refractivity (Wildman–Crippen MR) is 41.8 cm³/mol. The van der Waals surface area contributed by atoms with Gasteiger partial charge in [-0.25, -0.2) is 0 Å². The number of hydrogen-bond acceptors (Lipinski definition) is 3. The second-order valence-electron chi connectivity index (χ2n) is 2.70. The first-order valence-corrected chi connectivity index (χ1v) is 3.73. The van der Waals surface area contributed by atoms with Gasteiger partial charge in [-0.15, -0.1) is 0 Å². The first-order chi connectivity index (χ1) is 5.42. The van der Waals surface area contributed by atoms with Gasteiger partial charge in [0.15, 0.2) is 6.29 Å². The van der Waals surface area contributed by atoms with E-state index in [-0.39, 0.29) is 6.17 Å². The highest BCUT2D eigenvalue weighted by atomic mass is 16.1. The SMILES string of the molecule is O=CC1NCC2=CC=CCN21. The number of carbonyl (C=O) groups excluding carboxylic acids is 1. The summed E-state index contributed by atoms with van der Waals surface area (Å²) in [5, 5.41) is 3.10. The van der Waals surface area contributed by atoms with E-state index in [2.05, 4.69) is 10.2 Å². The van der Waals surface area contributed by atoms with Gasteiger partial charge in [-0.3, -0.25) is 10.1 Å². The predicted octanol–water partition coefficient (Wildman–Crippen LogP) is -0.130. The summed E-state index contributed by atoms with van der Waals surface area (Å²) in [6.45, 7) is 1.66. The first kappa shape index (κ1) is 6.61. The Hall–Kier alpha value is -1.09. The molecule has 1 fully saturated rings. The fourth-order valence-corrected chi connectivity index (χ4v) is 1.46. The number of allylic oxidation sites excluding steroid dienone is 2. The summed E-state index contributed by atoms with van der Waals surface area (Å²) in [6.07, 6.45) is 6.96. The summed E-state index contributed by atoms with van der Waals surface area (Å²) in [6, 6.07) is 0. The lowest BCUT2D eigenvalue weighted by atomic mass is 10.2. The molecule has 1 atom stereocenters.